The van der Waals surface area contributed by atoms with Crippen LogP contribution in [0.4, 0.5) is 0 Å². The number of rotatable bonds is 12. The fourth-order valence-corrected chi connectivity index (χ4v) is 3.05. The van der Waals surface area contributed by atoms with Gasteiger partial charge in [-0.1, -0.05) is 6.07 Å². The summed E-state index contributed by atoms with van der Waals surface area (Å²) in [5.74, 6) is 2.33. The van der Waals surface area contributed by atoms with Crippen molar-refractivity contribution in [2.24, 2.45) is 0 Å². The number of Topliss-reactive ketones (excluding diaryl/α,β-unsaturated/α-hetero) is 1. The van der Waals surface area contributed by atoms with Gasteiger partial charge in [-0.3, -0.25) is 4.79 Å². The monoisotopic (exact) mass is 417 g/mol. The molecule has 0 amide bonds. The molecule has 2 rings (SSSR count). The van der Waals surface area contributed by atoms with Crippen LogP contribution in [0.5, 0.6) is 23.0 Å². The molecule has 164 valence electrons. The minimum atomic E-state index is -0.669. The number of hydrogen-bond donors (Lipinski definition) is 1. The lowest BCUT2D eigenvalue weighted by Gasteiger charge is -2.21. The SMILES string of the molecule is COc1ccc(CCN(C)C[C@@H](O)COc2ccc(C(C)=O)cc2OC)cc1OC. The fourth-order valence-electron chi connectivity index (χ4n) is 3.05. The lowest BCUT2D eigenvalue weighted by molar-refractivity contribution is 0.0755. The molecule has 0 aliphatic carbocycles. The van der Waals surface area contributed by atoms with Gasteiger partial charge in [0.25, 0.3) is 0 Å². The zero-order chi connectivity index (χ0) is 22.1. The summed E-state index contributed by atoms with van der Waals surface area (Å²) in [6.07, 6.45) is 0.141. The zero-order valence-electron chi connectivity index (χ0n) is 18.3. The molecule has 0 fully saturated rings. The molecule has 0 unspecified atom stereocenters. The summed E-state index contributed by atoms with van der Waals surface area (Å²) in [5, 5.41) is 10.3. The number of benzene rings is 2. The third kappa shape index (κ3) is 6.64. The van der Waals surface area contributed by atoms with E-state index in [0.29, 0.717) is 35.1 Å². The van der Waals surface area contributed by atoms with E-state index in [0.717, 1.165) is 18.5 Å². The molecule has 2 aromatic carbocycles. The number of aliphatic hydroxyl groups excluding tert-OH is 1. The molecule has 0 aromatic heterocycles. The van der Waals surface area contributed by atoms with Gasteiger partial charge < -0.3 is 29.0 Å². The van der Waals surface area contributed by atoms with Crippen LogP contribution in [0.3, 0.4) is 0 Å². The molecular weight excluding hydrogens is 386 g/mol. The molecular formula is C23H31NO6. The van der Waals surface area contributed by atoms with Crippen LogP contribution < -0.4 is 18.9 Å². The van der Waals surface area contributed by atoms with Crippen LogP contribution in [0.25, 0.3) is 0 Å². The Bertz CT molecular complexity index is 838. The number of aliphatic hydroxyl groups is 1. The van der Waals surface area contributed by atoms with Crippen molar-refractivity contribution in [2.75, 3.05) is 48.1 Å². The van der Waals surface area contributed by atoms with E-state index in [-0.39, 0.29) is 12.4 Å². The van der Waals surface area contributed by atoms with Crippen molar-refractivity contribution in [3.63, 3.8) is 0 Å². The molecule has 0 saturated carbocycles. The predicted octanol–water partition coefficient (Wildman–Crippen LogP) is 2.83. The van der Waals surface area contributed by atoms with Crippen LogP contribution in [-0.4, -0.2) is 70.0 Å². The van der Waals surface area contributed by atoms with Crippen LogP contribution in [-0.2, 0) is 6.42 Å². The Kier molecular flexibility index (Phi) is 8.95. The Morgan fingerprint density at radius 3 is 2.23 bits per heavy atom. The van der Waals surface area contributed by atoms with Gasteiger partial charge in [0.05, 0.1) is 21.3 Å². The largest absolute Gasteiger partial charge is 0.493 e. The summed E-state index contributed by atoms with van der Waals surface area (Å²) in [7, 11) is 6.70. The Morgan fingerprint density at radius 1 is 0.967 bits per heavy atom. The van der Waals surface area contributed by atoms with Gasteiger partial charge in [0.15, 0.2) is 28.8 Å². The normalized spacial score (nSPS) is 11.8. The molecule has 0 spiro atoms. The lowest BCUT2D eigenvalue weighted by Crippen LogP contribution is -2.34. The van der Waals surface area contributed by atoms with Gasteiger partial charge in [0.1, 0.15) is 12.7 Å². The first-order chi connectivity index (χ1) is 14.4. The van der Waals surface area contributed by atoms with E-state index in [1.165, 1.54) is 14.0 Å². The summed E-state index contributed by atoms with van der Waals surface area (Å²) in [4.78, 5) is 13.5. The summed E-state index contributed by atoms with van der Waals surface area (Å²) < 4.78 is 21.6. The molecule has 30 heavy (non-hydrogen) atoms. The summed E-state index contributed by atoms with van der Waals surface area (Å²) in [6.45, 7) is 2.84. The van der Waals surface area contributed by atoms with E-state index in [1.807, 2.05) is 30.1 Å². The first-order valence-corrected chi connectivity index (χ1v) is 9.77. The minimum Gasteiger partial charge on any atom is -0.493 e. The Labute approximate surface area is 178 Å². The highest BCUT2D eigenvalue weighted by atomic mass is 16.5. The third-order valence-corrected chi connectivity index (χ3v) is 4.75. The second kappa shape index (κ2) is 11.4. The van der Waals surface area contributed by atoms with E-state index in [2.05, 4.69) is 0 Å². The first-order valence-electron chi connectivity index (χ1n) is 9.77. The Morgan fingerprint density at radius 2 is 1.60 bits per heavy atom. The quantitative estimate of drug-likeness (QED) is 0.532. The van der Waals surface area contributed by atoms with Crippen LogP contribution in [0.2, 0.25) is 0 Å². The van der Waals surface area contributed by atoms with E-state index in [9.17, 15) is 9.90 Å². The van der Waals surface area contributed by atoms with Crippen molar-refractivity contribution < 1.29 is 28.8 Å². The first kappa shape index (κ1) is 23.5. The number of likely N-dealkylation sites (N-methyl/N-ethyl adjacent to an activating group) is 1. The van der Waals surface area contributed by atoms with Crippen LogP contribution in [0.15, 0.2) is 36.4 Å². The van der Waals surface area contributed by atoms with E-state index in [4.69, 9.17) is 18.9 Å². The summed E-state index contributed by atoms with van der Waals surface area (Å²) in [5.41, 5.74) is 1.68. The van der Waals surface area contributed by atoms with Crippen molar-refractivity contribution >= 4 is 5.78 Å². The number of methoxy groups -OCH3 is 3. The molecule has 0 saturated heterocycles. The number of carbonyl (C=O) groups excluding carboxylic acids is 1. The number of nitrogens with zero attached hydrogens (tertiary/aromatic N) is 1. The average Bonchev–Trinajstić information content (AvgIpc) is 2.75. The molecule has 0 aliphatic rings. The van der Waals surface area contributed by atoms with Gasteiger partial charge in [-0.15, -0.1) is 0 Å². The number of ketones is 1. The fraction of sp³-hybridized carbons (Fsp3) is 0.435. The van der Waals surface area contributed by atoms with Gasteiger partial charge in [-0.2, -0.15) is 0 Å². The molecule has 1 N–H and O–H groups in total. The van der Waals surface area contributed by atoms with E-state index < -0.39 is 6.10 Å². The van der Waals surface area contributed by atoms with E-state index >= 15 is 0 Å². The molecule has 2 aromatic rings. The topological polar surface area (TPSA) is 77.5 Å². The Hall–Kier alpha value is -2.77. The maximum Gasteiger partial charge on any atom is 0.161 e. The molecule has 1 atom stereocenters. The molecule has 0 heterocycles. The molecule has 0 bridgehead atoms. The van der Waals surface area contributed by atoms with Gasteiger partial charge in [-0.25, -0.2) is 0 Å². The van der Waals surface area contributed by atoms with Crippen LogP contribution in [0, 0.1) is 0 Å². The third-order valence-electron chi connectivity index (χ3n) is 4.75. The molecule has 7 heteroatoms. The molecule has 7 nitrogen and oxygen atoms in total. The van der Waals surface area contributed by atoms with Crippen LogP contribution >= 0.6 is 0 Å². The standard InChI is InChI=1S/C23H31NO6/c1-16(25)18-7-9-21(23(13-18)29-5)30-15-19(26)14-24(2)11-10-17-6-8-20(27-3)22(12-17)28-4/h6-9,12-13,19,26H,10-11,14-15H2,1-5H3/t19-/m1/s1. The van der Waals surface area contributed by atoms with Crippen molar-refractivity contribution in [2.45, 2.75) is 19.4 Å². The van der Waals surface area contributed by atoms with Gasteiger partial charge in [-0.05, 0) is 56.3 Å². The highest BCUT2D eigenvalue weighted by molar-refractivity contribution is 5.94. The highest BCUT2D eigenvalue weighted by Crippen LogP contribution is 2.29. The maximum absolute atomic E-state index is 11.5. The van der Waals surface area contributed by atoms with Crippen molar-refractivity contribution in [1.29, 1.82) is 0 Å². The van der Waals surface area contributed by atoms with Gasteiger partial charge >= 0.3 is 0 Å². The number of ether oxygens (including phenoxy) is 4. The van der Waals surface area contributed by atoms with Gasteiger partial charge in [0.2, 0.25) is 0 Å². The second-order valence-corrected chi connectivity index (χ2v) is 7.09. The van der Waals surface area contributed by atoms with Crippen LogP contribution in [0.1, 0.15) is 22.8 Å². The van der Waals surface area contributed by atoms with Crippen molar-refractivity contribution in [1.82, 2.24) is 4.90 Å². The Balaban J connectivity index is 1.83. The maximum atomic E-state index is 11.5. The molecule has 0 aliphatic heterocycles. The van der Waals surface area contributed by atoms with Crippen molar-refractivity contribution in [3.8, 4) is 23.0 Å². The lowest BCUT2D eigenvalue weighted by atomic mass is 10.1. The minimum absolute atomic E-state index is 0.0454. The predicted molar refractivity (Wildman–Crippen MR) is 115 cm³/mol. The van der Waals surface area contributed by atoms with Gasteiger partial charge in [0, 0.05) is 18.7 Å². The summed E-state index contributed by atoms with van der Waals surface area (Å²) >= 11 is 0. The number of hydrogen-bond acceptors (Lipinski definition) is 7. The summed E-state index contributed by atoms with van der Waals surface area (Å²) in [6, 6.07) is 10.9. The highest BCUT2D eigenvalue weighted by Gasteiger charge is 2.13. The van der Waals surface area contributed by atoms with Crippen molar-refractivity contribution in [3.05, 3.63) is 47.5 Å². The van der Waals surface area contributed by atoms with E-state index in [1.54, 1.807) is 32.4 Å². The zero-order valence-corrected chi connectivity index (χ0v) is 18.3. The average molecular weight is 418 g/mol. The molecule has 0 radical (unpaired) electrons. The number of carbonyl (C=O) groups is 1. The smallest absolute Gasteiger partial charge is 0.161 e. The second-order valence-electron chi connectivity index (χ2n) is 7.09.